The Bertz CT molecular complexity index is 558. The third-order valence-corrected chi connectivity index (χ3v) is 4.67. The molecule has 0 aliphatic carbocycles. The SMILES string of the molecule is Cc1ccccc1COc1c(Br)cc(CBr)cc1Br. The maximum absolute atomic E-state index is 5.92. The van der Waals surface area contributed by atoms with E-state index in [0.717, 1.165) is 20.0 Å². The molecule has 0 amide bonds. The van der Waals surface area contributed by atoms with Crippen LogP contribution in [0.1, 0.15) is 16.7 Å². The molecule has 0 saturated heterocycles. The van der Waals surface area contributed by atoms with E-state index in [1.807, 2.05) is 12.1 Å². The van der Waals surface area contributed by atoms with Gasteiger partial charge in [-0.05, 0) is 67.6 Å². The molecule has 0 aliphatic heterocycles. The van der Waals surface area contributed by atoms with Gasteiger partial charge in [0.25, 0.3) is 0 Å². The lowest BCUT2D eigenvalue weighted by molar-refractivity contribution is 0.301. The molecule has 0 bridgehead atoms. The van der Waals surface area contributed by atoms with E-state index in [2.05, 4.69) is 79.0 Å². The standard InChI is InChI=1S/C15H13Br3O/c1-10-4-2-3-5-12(10)9-19-15-13(17)6-11(8-16)7-14(15)18/h2-7H,8-9H2,1H3. The van der Waals surface area contributed by atoms with E-state index in [9.17, 15) is 0 Å². The number of rotatable bonds is 4. The molecule has 19 heavy (non-hydrogen) atoms. The highest BCUT2D eigenvalue weighted by Crippen LogP contribution is 2.36. The van der Waals surface area contributed by atoms with Crippen molar-refractivity contribution in [1.29, 1.82) is 0 Å². The number of benzene rings is 2. The molecule has 0 atom stereocenters. The van der Waals surface area contributed by atoms with E-state index in [0.29, 0.717) is 6.61 Å². The first kappa shape index (κ1) is 15.1. The number of hydrogen-bond donors (Lipinski definition) is 0. The van der Waals surface area contributed by atoms with E-state index in [4.69, 9.17) is 4.74 Å². The van der Waals surface area contributed by atoms with Gasteiger partial charge < -0.3 is 4.74 Å². The molecule has 0 heterocycles. The van der Waals surface area contributed by atoms with Crippen LogP contribution in [0.2, 0.25) is 0 Å². The number of hydrogen-bond acceptors (Lipinski definition) is 1. The average Bonchev–Trinajstić information content (AvgIpc) is 2.39. The first-order valence-electron chi connectivity index (χ1n) is 5.83. The minimum atomic E-state index is 0.567. The summed E-state index contributed by atoms with van der Waals surface area (Å²) in [4.78, 5) is 0. The average molecular weight is 449 g/mol. The van der Waals surface area contributed by atoms with Crippen LogP contribution in [0.15, 0.2) is 45.3 Å². The van der Waals surface area contributed by atoms with Gasteiger partial charge >= 0.3 is 0 Å². The summed E-state index contributed by atoms with van der Waals surface area (Å²) in [7, 11) is 0. The van der Waals surface area contributed by atoms with Gasteiger partial charge in [-0.25, -0.2) is 0 Å². The normalized spacial score (nSPS) is 10.5. The summed E-state index contributed by atoms with van der Waals surface area (Å²) in [6.07, 6.45) is 0. The van der Waals surface area contributed by atoms with Crippen molar-refractivity contribution in [3.63, 3.8) is 0 Å². The Morgan fingerprint density at radius 3 is 2.26 bits per heavy atom. The van der Waals surface area contributed by atoms with Crippen LogP contribution in [-0.2, 0) is 11.9 Å². The molecular weight excluding hydrogens is 436 g/mol. The fourth-order valence-electron chi connectivity index (χ4n) is 1.75. The Kier molecular flexibility index (Phi) is 5.48. The number of halogens is 3. The lowest BCUT2D eigenvalue weighted by Gasteiger charge is -2.13. The fraction of sp³-hybridized carbons (Fsp3) is 0.200. The van der Waals surface area contributed by atoms with Crippen LogP contribution in [0.25, 0.3) is 0 Å². The van der Waals surface area contributed by atoms with Gasteiger partial charge in [0.15, 0.2) is 0 Å². The van der Waals surface area contributed by atoms with Crippen LogP contribution in [0, 0.1) is 6.92 Å². The summed E-state index contributed by atoms with van der Waals surface area (Å²) in [6.45, 7) is 2.66. The summed E-state index contributed by atoms with van der Waals surface area (Å²) < 4.78 is 7.85. The third kappa shape index (κ3) is 3.83. The van der Waals surface area contributed by atoms with Crippen LogP contribution in [-0.4, -0.2) is 0 Å². The van der Waals surface area contributed by atoms with Crippen LogP contribution >= 0.6 is 47.8 Å². The topological polar surface area (TPSA) is 9.23 Å². The van der Waals surface area contributed by atoms with Crippen molar-refractivity contribution in [3.8, 4) is 5.75 Å². The molecular formula is C15H13Br3O. The Balaban J connectivity index is 2.18. The van der Waals surface area contributed by atoms with Crippen molar-refractivity contribution in [3.05, 3.63) is 62.0 Å². The maximum Gasteiger partial charge on any atom is 0.148 e. The fourth-order valence-corrected chi connectivity index (χ4v) is 3.58. The van der Waals surface area contributed by atoms with Crippen LogP contribution in [0.3, 0.4) is 0 Å². The van der Waals surface area contributed by atoms with Gasteiger partial charge in [-0.1, -0.05) is 40.2 Å². The number of alkyl halides is 1. The van der Waals surface area contributed by atoms with Crippen molar-refractivity contribution in [2.75, 3.05) is 0 Å². The molecule has 0 spiro atoms. The second-order valence-electron chi connectivity index (χ2n) is 4.24. The summed E-state index contributed by atoms with van der Waals surface area (Å²) in [5, 5.41) is 0.822. The van der Waals surface area contributed by atoms with Crippen LogP contribution in [0.4, 0.5) is 0 Å². The molecule has 2 aromatic rings. The molecule has 2 rings (SSSR count). The van der Waals surface area contributed by atoms with Gasteiger partial charge in [0.2, 0.25) is 0 Å². The van der Waals surface area contributed by atoms with Gasteiger partial charge in [-0.15, -0.1) is 0 Å². The molecule has 0 unspecified atom stereocenters. The minimum Gasteiger partial charge on any atom is -0.487 e. The van der Waals surface area contributed by atoms with Crippen LogP contribution in [0.5, 0.6) is 5.75 Å². The lowest BCUT2D eigenvalue weighted by atomic mass is 10.1. The molecule has 0 saturated carbocycles. The quantitative estimate of drug-likeness (QED) is 0.522. The predicted molar refractivity (Wildman–Crippen MR) is 90.0 cm³/mol. The summed E-state index contributed by atoms with van der Waals surface area (Å²) >= 11 is 10.6. The summed E-state index contributed by atoms with van der Waals surface area (Å²) in [5.41, 5.74) is 3.64. The Labute approximate surface area is 138 Å². The molecule has 0 fully saturated rings. The molecule has 0 aliphatic rings. The minimum absolute atomic E-state index is 0.567. The smallest absolute Gasteiger partial charge is 0.148 e. The second kappa shape index (κ2) is 6.91. The Morgan fingerprint density at radius 2 is 1.68 bits per heavy atom. The molecule has 4 heteroatoms. The number of aryl methyl sites for hydroxylation is 1. The third-order valence-electron chi connectivity index (χ3n) is 2.85. The lowest BCUT2D eigenvalue weighted by Crippen LogP contribution is -1.99. The van der Waals surface area contributed by atoms with Crippen molar-refractivity contribution < 1.29 is 4.74 Å². The predicted octanol–water partition coefficient (Wildman–Crippen LogP) is 5.99. The summed E-state index contributed by atoms with van der Waals surface area (Å²) in [6, 6.07) is 12.4. The van der Waals surface area contributed by atoms with Gasteiger partial charge in [-0.3, -0.25) is 0 Å². The zero-order valence-corrected chi connectivity index (χ0v) is 15.2. The first-order chi connectivity index (χ1) is 9.11. The number of ether oxygens (including phenoxy) is 1. The molecule has 0 aromatic heterocycles. The van der Waals surface area contributed by atoms with Gasteiger partial charge in [0, 0.05) is 5.33 Å². The van der Waals surface area contributed by atoms with E-state index < -0.39 is 0 Å². The van der Waals surface area contributed by atoms with Crippen molar-refractivity contribution in [2.45, 2.75) is 18.9 Å². The van der Waals surface area contributed by atoms with E-state index in [-0.39, 0.29) is 0 Å². The zero-order chi connectivity index (χ0) is 13.8. The highest BCUT2D eigenvalue weighted by atomic mass is 79.9. The molecule has 0 radical (unpaired) electrons. The maximum atomic E-state index is 5.92. The van der Waals surface area contributed by atoms with Gasteiger partial charge in [0.1, 0.15) is 12.4 Å². The Morgan fingerprint density at radius 1 is 1.05 bits per heavy atom. The van der Waals surface area contributed by atoms with Crippen molar-refractivity contribution >= 4 is 47.8 Å². The van der Waals surface area contributed by atoms with Crippen molar-refractivity contribution in [1.82, 2.24) is 0 Å². The monoisotopic (exact) mass is 446 g/mol. The van der Waals surface area contributed by atoms with Crippen molar-refractivity contribution in [2.24, 2.45) is 0 Å². The molecule has 100 valence electrons. The summed E-state index contributed by atoms with van der Waals surface area (Å²) in [5.74, 6) is 0.841. The second-order valence-corrected chi connectivity index (χ2v) is 6.51. The van der Waals surface area contributed by atoms with E-state index in [1.54, 1.807) is 0 Å². The van der Waals surface area contributed by atoms with E-state index in [1.165, 1.54) is 16.7 Å². The zero-order valence-electron chi connectivity index (χ0n) is 10.4. The van der Waals surface area contributed by atoms with Crippen LogP contribution < -0.4 is 4.74 Å². The highest BCUT2D eigenvalue weighted by Gasteiger charge is 2.09. The highest BCUT2D eigenvalue weighted by molar-refractivity contribution is 9.11. The Hall–Kier alpha value is -0.320. The van der Waals surface area contributed by atoms with E-state index >= 15 is 0 Å². The van der Waals surface area contributed by atoms with Gasteiger partial charge in [-0.2, -0.15) is 0 Å². The molecule has 1 nitrogen and oxygen atoms in total. The first-order valence-corrected chi connectivity index (χ1v) is 8.53. The largest absolute Gasteiger partial charge is 0.487 e. The van der Waals surface area contributed by atoms with Gasteiger partial charge in [0.05, 0.1) is 8.95 Å². The molecule has 0 N–H and O–H groups in total. The molecule has 2 aromatic carbocycles.